The third-order valence-electron chi connectivity index (χ3n) is 2.39. The van der Waals surface area contributed by atoms with Gasteiger partial charge in [0.1, 0.15) is 0 Å². The van der Waals surface area contributed by atoms with Crippen molar-refractivity contribution in [3.63, 3.8) is 0 Å². The molecule has 0 saturated carbocycles. The second-order valence-electron chi connectivity index (χ2n) is 3.68. The highest BCUT2D eigenvalue weighted by Crippen LogP contribution is 2.25. The number of hydrogen-bond donors (Lipinski definition) is 1. The first kappa shape index (κ1) is 13.3. The van der Waals surface area contributed by atoms with Gasteiger partial charge in [0.15, 0.2) is 0 Å². The van der Waals surface area contributed by atoms with Crippen LogP contribution < -0.4 is 10.6 Å². The maximum atomic E-state index is 5.95. The molecule has 0 unspecified atom stereocenters. The van der Waals surface area contributed by atoms with Crippen LogP contribution in [0.2, 0.25) is 0 Å². The van der Waals surface area contributed by atoms with E-state index >= 15 is 0 Å². The molecule has 0 aliphatic rings. The SMILES string of the molecule is CCOCCCN(C)c1ccc(Br)cc1N. The molecule has 2 N–H and O–H groups in total. The van der Waals surface area contributed by atoms with Crippen molar-refractivity contribution >= 4 is 27.3 Å². The zero-order valence-corrected chi connectivity index (χ0v) is 11.5. The molecule has 90 valence electrons. The van der Waals surface area contributed by atoms with Crippen LogP contribution >= 0.6 is 15.9 Å². The fraction of sp³-hybridized carbons (Fsp3) is 0.500. The van der Waals surface area contributed by atoms with Crippen LogP contribution in [0.1, 0.15) is 13.3 Å². The molecule has 0 radical (unpaired) electrons. The lowest BCUT2D eigenvalue weighted by molar-refractivity contribution is 0.146. The van der Waals surface area contributed by atoms with E-state index in [1.807, 2.05) is 32.2 Å². The van der Waals surface area contributed by atoms with Gasteiger partial charge in [-0.05, 0) is 31.5 Å². The molecule has 0 heterocycles. The van der Waals surface area contributed by atoms with Crippen LogP contribution in [0.15, 0.2) is 22.7 Å². The summed E-state index contributed by atoms with van der Waals surface area (Å²) in [5.74, 6) is 0. The maximum absolute atomic E-state index is 5.95. The lowest BCUT2D eigenvalue weighted by Gasteiger charge is -2.21. The fourth-order valence-electron chi connectivity index (χ4n) is 1.54. The van der Waals surface area contributed by atoms with Crippen molar-refractivity contribution in [2.45, 2.75) is 13.3 Å². The van der Waals surface area contributed by atoms with Gasteiger partial charge < -0.3 is 15.4 Å². The van der Waals surface area contributed by atoms with E-state index in [2.05, 4.69) is 20.8 Å². The van der Waals surface area contributed by atoms with Gasteiger partial charge in [0.25, 0.3) is 0 Å². The third kappa shape index (κ3) is 4.02. The minimum Gasteiger partial charge on any atom is -0.397 e. The predicted molar refractivity (Wildman–Crippen MR) is 72.9 cm³/mol. The van der Waals surface area contributed by atoms with E-state index in [4.69, 9.17) is 10.5 Å². The molecular weight excluding hydrogens is 268 g/mol. The summed E-state index contributed by atoms with van der Waals surface area (Å²) in [6.45, 7) is 4.55. The van der Waals surface area contributed by atoms with E-state index in [0.29, 0.717) is 0 Å². The van der Waals surface area contributed by atoms with E-state index in [9.17, 15) is 0 Å². The standard InChI is InChI=1S/C12H19BrN2O/c1-3-16-8-4-7-15(2)12-6-5-10(13)9-11(12)14/h5-6,9H,3-4,7-8,14H2,1-2H3. The molecule has 1 rings (SSSR count). The number of ether oxygens (including phenoxy) is 1. The third-order valence-corrected chi connectivity index (χ3v) is 2.88. The van der Waals surface area contributed by atoms with Crippen LogP contribution in [-0.2, 0) is 4.74 Å². The van der Waals surface area contributed by atoms with Crippen molar-refractivity contribution in [2.75, 3.05) is 37.4 Å². The van der Waals surface area contributed by atoms with Crippen LogP contribution in [0.3, 0.4) is 0 Å². The Balaban J connectivity index is 2.49. The highest BCUT2D eigenvalue weighted by atomic mass is 79.9. The molecule has 1 aromatic rings. The average Bonchev–Trinajstić information content (AvgIpc) is 2.24. The molecule has 0 fully saturated rings. The fourth-order valence-corrected chi connectivity index (χ4v) is 1.92. The molecule has 0 aliphatic heterocycles. The van der Waals surface area contributed by atoms with Crippen molar-refractivity contribution in [3.05, 3.63) is 22.7 Å². The van der Waals surface area contributed by atoms with Gasteiger partial charge in [-0.25, -0.2) is 0 Å². The monoisotopic (exact) mass is 286 g/mol. The molecule has 0 bridgehead atoms. The van der Waals surface area contributed by atoms with Gasteiger partial charge in [0.05, 0.1) is 11.4 Å². The Bertz CT molecular complexity index is 331. The van der Waals surface area contributed by atoms with E-state index in [0.717, 1.165) is 42.0 Å². The molecule has 0 aromatic heterocycles. The average molecular weight is 287 g/mol. The lowest BCUT2D eigenvalue weighted by atomic mass is 10.2. The van der Waals surface area contributed by atoms with Crippen molar-refractivity contribution < 1.29 is 4.74 Å². The zero-order chi connectivity index (χ0) is 12.0. The number of anilines is 2. The summed E-state index contributed by atoms with van der Waals surface area (Å²) >= 11 is 3.40. The van der Waals surface area contributed by atoms with Crippen molar-refractivity contribution in [1.82, 2.24) is 0 Å². The highest BCUT2D eigenvalue weighted by molar-refractivity contribution is 9.10. The van der Waals surface area contributed by atoms with Crippen LogP contribution in [0.25, 0.3) is 0 Å². The Labute approximate surface area is 106 Å². The van der Waals surface area contributed by atoms with Crippen LogP contribution in [-0.4, -0.2) is 26.8 Å². The second-order valence-corrected chi connectivity index (χ2v) is 4.59. The van der Waals surface area contributed by atoms with Gasteiger partial charge in [0.2, 0.25) is 0 Å². The highest BCUT2D eigenvalue weighted by Gasteiger charge is 2.05. The van der Waals surface area contributed by atoms with Crippen molar-refractivity contribution in [1.29, 1.82) is 0 Å². The molecule has 0 amide bonds. The van der Waals surface area contributed by atoms with E-state index in [-0.39, 0.29) is 0 Å². The minimum absolute atomic E-state index is 0.782. The van der Waals surface area contributed by atoms with Crippen molar-refractivity contribution in [3.8, 4) is 0 Å². The topological polar surface area (TPSA) is 38.5 Å². The lowest BCUT2D eigenvalue weighted by Crippen LogP contribution is -2.21. The van der Waals surface area contributed by atoms with Gasteiger partial charge in [-0.2, -0.15) is 0 Å². The van der Waals surface area contributed by atoms with Crippen LogP contribution in [0.4, 0.5) is 11.4 Å². The summed E-state index contributed by atoms with van der Waals surface area (Å²) in [5.41, 5.74) is 7.82. The van der Waals surface area contributed by atoms with Gasteiger partial charge in [-0.15, -0.1) is 0 Å². The largest absolute Gasteiger partial charge is 0.397 e. The number of benzene rings is 1. The van der Waals surface area contributed by atoms with Crippen LogP contribution in [0, 0.1) is 0 Å². The Morgan fingerprint density at radius 3 is 2.81 bits per heavy atom. The Morgan fingerprint density at radius 2 is 2.19 bits per heavy atom. The zero-order valence-electron chi connectivity index (χ0n) is 9.87. The molecule has 0 atom stereocenters. The molecule has 0 saturated heterocycles. The summed E-state index contributed by atoms with van der Waals surface area (Å²) < 4.78 is 6.31. The van der Waals surface area contributed by atoms with E-state index in [1.54, 1.807) is 0 Å². The normalized spacial score (nSPS) is 10.4. The number of hydrogen-bond acceptors (Lipinski definition) is 3. The van der Waals surface area contributed by atoms with Gasteiger partial charge in [-0.3, -0.25) is 0 Å². The van der Waals surface area contributed by atoms with Gasteiger partial charge >= 0.3 is 0 Å². The first-order chi connectivity index (χ1) is 7.65. The molecule has 0 spiro atoms. The predicted octanol–water partition coefficient (Wildman–Crippen LogP) is 2.89. The first-order valence-corrected chi connectivity index (χ1v) is 6.28. The molecular formula is C12H19BrN2O. The number of rotatable bonds is 6. The Kier molecular flexibility index (Phi) is 5.63. The number of halogens is 1. The molecule has 3 nitrogen and oxygen atoms in total. The maximum Gasteiger partial charge on any atom is 0.0598 e. The van der Waals surface area contributed by atoms with Gasteiger partial charge in [0, 0.05) is 31.3 Å². The van der Waals surface area contributed by atoms with Crippen molar-refractivity contribution in [2.24, 2.45) is 0 Å². The Morgan fingerprint density at radius 1 is 1.44 bits per heavy atom. The number of nitrogens with two attached hydrogens (primary N) is 1. The molecule has 0 aliphatic carbocycles. The summed E-state index contributed by atoms with van der Waals surface area (Å²) in [6.07, 6.45) is 1.01. The number of nitrogens with zero attached hydrogens (tertiary/aromatic N) is 1. The molecule has 4 heteroatoms. The quantitative estimate of drug-likeness (QED) is 0.646. The second kappa shape index (κ2) is 6.76. The molecule has 1 aromatic carbocycles. The van der Waals surface area contributed by atoms with Gasteiger partial charge in [-0.1, -0.05) is 15.9 Å². The smallest absolute Gasteiger partial charge is 0.0598 e. The van der Waals surface area contributed by atoms with E-state index < -0.39 is 0 Å². The summed E-state index contributed by atoms with van der Waals surface area (Å²) in [5, 5.41) is 0. The molecule has 16 heavy (non-hydrogen) atoms. The summed E-state index contributed by atoms with van der Waals surface area (Å²) in [6, 6.07) is 5.96. The van der Waals surface area contributed by atoms with Crippen LogP contribution in [0.5, 0.6) is 0 Å². The summed E-state index contributed by atoms with van der Waals surface area (Å²) in [7, 11) is 2.05. The van der Waals surface area contributed by atoms with E-state index in [1.165, 1.54) is 0 Å². The first-order valence-electron chi connectivity index (χ1n) is 5.49. The minimum atomic E-state index is 0.782. The number of nitrogen functional groups attached to an aromatic ring is 1. The Hall–Kier alpha value is -0.740. The summed E-state index contributed by atoms with van der Waals surface area (Å²) in [4.78, 5) is 2.15.